The van der Waals surface area contributed by atoms with Gasteiger partial charge in [-0.1, -0.05) is 81.4 Å². The second kappa shape index (κ2) is 5.60. The summed E-state index contributed by atoms with van der Waals surface area (Å²) in [5.74, 6) is 0. The van der Waals surface area contributed by atoms with Crippen molar-refractivity contribution in [2.45, 2.75) is 25.7 Å². The van der Waals surface area contributed by atoms with Crippen molar-refractivity contribution in [1.29, 1.82) is 0 Å². The van der Waals surface area contributed by atoms with Crippen molar-refractivity contribution in [3.8, 4) is 0 Å². The van der Waals surface area contributed by atoms with Crippen LogP contribution < -0.4 is 10.4 Å². The van der Waals surface area contributed by atoms with Crippen molar-refractivity contribution in [1.82, 2.24) is 0 Å². The van der Waals surface area contributed by atoms with Gasteiger partial charge in [-0.05, 0) is 24.5 Å². The van der Waals surface area contributed by atoms with E-state index in [0.29, 0.717) is 0 Å². The van der Waals surface area contributed by atoms with E-state index in [2.05, 4.69) is 32.1 Å². The summed E-state index contributed by atoms with van der Waals surface area (Å²) in [5, 5.41) is 14.0. The highest BCUT2D eigenvalue weighted by Crippen LogP contribution is 2.39. The molecule has 21 heavy (non-hydrogen) atoms. The molecule has 0 heterocycles. The van der Waals surface area contributed by atoms with Gasteiger partial charge in [-0.15, -0.1) is 5.48 Å². The van der Waals surface area contributed by atoms with Crippen molar-refractivity contribution < 1.29 is 5.11 Å². The first-order chi connectivity index (χ1) is 10.1. The number of hydrogen-bond donors (Lipinski definition) is 0. The van der Waals surface area contributed by atoms with E-state index < -0.39 is 5.41 Å². The van der Waals surface area contributed by atoms with Gasteiger partial charge in [0.15, 0.2) is 0 Å². The van der Waals surface area contributed by atoms with Crippen LogP contribution in [0.15, 0.2) is 60.2 Å². The predicted molar refractivity (Wildman–Crippen MR) is 90.1 cm³/mol. The van der Waals surface area contributed by atoms with E-state index in [0.717, 1.165) is 25.5 Å². The molecule has 0 bridgehead atoms. The summed E-state index contributed by atoms with van der Waals surface area (Å²) in [7, 11) is 0.782. The molecular weight excluding hydrogens is 275 g/mol. The topological polar surface area (TPSA) is 23.1 Å². The first-order valence-corrected chi connectivity index (χ1v) is 8.07. The lowest BCUT2D eigenvalue weighted by Gasteiger charge is -2.41. The smallest absolute Gasteiger partial charge is 0.00696 e. The van der Waals surface area contributed by atoms with Gasteiger partial charge in [-0.25, -0.2) is 0 Å². The minimum atomic E-state index is -0.424. The van der Waals surface area contributed by atoms with E-state index in [1.807, 2.05) is 42.5 Å². The Morgan fingerprint density at radius 3 is 2.48 bits per heavy atom. The van der Waals surface area contributed by atoms with Crippen LogP contribution in [0.4, 0.5) is 0 Å². The van der Waals surface area contributed by atoms with Crippen LogP contribution in [0.5, 0.6) is 0 Å². The van der Waals surface area contributed by atoms with Gasteiger partial charge in [0.2, 0.25) is 0 Å². The zero-order valence-electron chi connectivity index (χ0n) is 12.3. The molecule has 0 aliphatic heterocycles. The van der Waals surface area contributed by atoms with Crippen molar-refractivity contribution >= 4 is 25.1 Å². The molecule has 1 aliphatic rings. The van der Waals surface area contributed by atoms with E-state index in [-0.39, 0.29) is 5.48 Å². The van der Waals surface area contributed by atoms with E-state index in [4.69, 9.17) is 0 Å². The Morgan fingerprint density at radius 1 is 1.05 bits per heavy atom. The molecule has 2 heteroatoms. The summed E-state index contributed by atoms with van der Waals surface area (Å²) in [5.41, 5.74) is 3.46. The van der Waals surface area contributed by atoms with E-state index in [9.17, 15) is 5.11 Å². The largest absolute Gasteiger partial charge is 0.826 e. The van der Waals surface area contributed by atoms with Gasteiger partial charge < -0.3 is 5.11 Å². The molecule has 2 aromatic rings. The molecule has 0 aromatic heterocycles. The molecule has 1 unspecified atom stereocenters. The standard InChI is InChI=1S/C19H19OP/c1-14-12-15-8-6-7-11-17(15)19(2,13-14)18(20)21-16-9-4-3-5-10-16/h3-12,20H,13H2,1-2H3/p-1. The molecule has 1 aliphatic carbocycles. The molecule has 0 spiro atoms. The van der Waals surface area contributed by atoms with Crippen LogP contribution in [0.2, 0.25) is 0 Å². The lowest BCUT2D eigenvalue weighted by molar-refractivity contribution is -0.219. The normalized spacial score (nSPS) is 21.7. The van der Waals surface area contributed by atoms with Gasteiger partial charge in [-0.3, -0.25) is 0 Å². The Kier molecular flexibility index (Phi) is 3.80. The van der Waals surface area contributed by atoms with Crippen LogP contribution in [-0.4, -0.2) is 5.48 Å². The average molecular weight is 293 g/mol. The van der Waals surface area contributed by atoms with Gasteiger partial charge in [0.1, 0.15) is 0 Å². The Hall–Kier alpha value is -1.69. The maximum Gasteiger partial charge on any atom is 0.00696 e. The van der Waals surface area contributed by atoms with E-state index in [1.165, 1.54) is 11.1 Å². The SMILES string of the molecule is CC1=Cc2ccccc2C(C)(C([O-])=Pc2ccccc2)C1. The van der Waals surface area contributed by atoms with Gasteiger partial charge in [0.05, 0.1) is 0 Å². The lowest BCUT2D eigenvalue weighted by atomic mass is 9.72. The molecule has 0 amide bonds. The fourth-order valence-electron chi connectivity index (χ4n) is 3.03. The van der Waals surface area contributed by atoms with E-state index >= 15 is 0 Å². The molecule has 1 atom stereocenters. The number of rotatable bonds is 2. The van der Waals surface area contributed by atoms with Gasteiger partial charge in [0, 0.05) is 10.7 Å². The summed E-state index contributed by atoms with van der Waals surface area (Å²) in [6.45, 7) is 4.20. The third-order valence-electron chi connectivity index (χ3n) is 4.05. The molecule has 2 aromatic carbocycles. The molecule has 0 saturated heterocycles. The van der Waals surface area contributed by atoms with Crippen LogP contribution in [0.25, 0.3) is 6.08 Å². The quantitative estimate of drug-likeness (QED) is 0.777. The van der Waals surface area contributed by atoms with Gasteiger partial charge in [-0.2, -0.15) is 0 Å². The highest BCUT2D eigenvalue weighted by molar-refractivity contribution is 7.48. The lowest BCUT2D eigenvalue weighted by Crippen LogP contribution is -2.42. The maximum atomic E-state index is 13.0. The Balaban J connectivity index is 2.09. The summed E-state index contributed by atoms with van der Waals surface area (Å²) in [4.78, 5) is 0. The van der Waals surface area contributed by atoms with Crippen molar-refractivity contribution in [2.75, 3.05) is 0 Å². The molecular formula is C19H18OP-. The van der Waals surface area contributed by atoms with Crippen LogP contribution in [0, 0.1) is 0 Å². The number of hydrogen-bond acceptors (Lipinski definition) is 1. The molecule has 0 saturated carbocycles. The molecule has 0 fully saturated rings. The van der Waals surface area contributed by atoms with Crippen molar-refractivity contribution in [3.05, 3.63) is 71.3 Å². The summed E-state index contributed by atoms with van der Waals surface area (Å²) >= 11 is 0. The molecule has 0 N–H and O–H groups in total. The Bertz CT molecular complexity index is 715. The van der Waals surface area contributed by atoms with Crippen molar-refractivity contribution in [2.24, 2.45) is 0 Å². The second-order valence-corrected chi connectivity index (χ2v) is 6.99. The molecule has 1 nitrogen and oxygen atoms in total. The Morgan fingerprint density at radius 2 is 1.71 bits per heavy atom. The average Bonchev–Trinajstić information content (AvgIpc) is 2.48. The number of allylic oxidation sites excluding steroid dienone is 1. The van der Waals surface area contributed by atoms with Crippen LogP contribution in [-0.2, 0) is 5.41 Å². The molecule has 3 rings (SSSR count). The number of benzene rings is 2. The highest BCUT2D eigenvalue weighted by atomic mass is 31.1. The fraction of sp³-hybridized carbons (Fsp3) is 0.211. The minimum Gasteiger partial charge on any atom is -0.826 e. The predicted octanol–water partition coefficient (Wildman–Crippen LogP) is 3.51. The first kappa shape index (κ1) is 14.3. The van der Waals surface area contributed by atoms with Crippen LogP contribution in [0.1, 0.15) is 31.4 Å². The third kappa shape index (κ3) is 2.72. The minimum absolute atomic E-state index is 0.272. The monoisotopic (exact) mass is 293 g/mol. The molecule has 106 valence electrons. The maximum absolute atomic E-state index is 13.0. The summed E-state index contributed by atoms with van der Waals surface area (Å²) in [6.07, 6.45) is 3.01. The number of fused-ring (bicyclic) bond motifs is 1. The van der Waals surface area contributed by atoms with Crippen molar-refractivity contribution in [3.63, 3.8) is 0 Å². The first-order valence-electron chi connectivity index (χ1n) is 7.17. The third-order valence-corrected chi connectivity index (χ3v) is 5.30. The summed E-state index contributed by atoms with van der Waals surface area (Å²) in [6, 6.07) is 18.2. The van der Waals surface area contributed by atoms with Gasteiger partial charge in [0.25, 0.3) is 0 Å². The summed E-state index contributed by atoms with van der Waals surface area (Å²) < 4.78 is 0. The zero-order chi connectivity index (χ0) is 14.9. The van der Waals surface area contributed by atoms with Gasteiger partial charge >= 0.3 is 0 Å². The molecule has 0 radical (unpaired) electrons. The van der Waals surface area contributed by atoms with Crippen LogP contribution in [0.3, 0.4) is 0 Å². The van der Waals surface area contributed by atoms with E-state index in [1.54, 1.807) is 0 Å². The fourth-order valence-corrected chi connectivity index (χ4v) is 4.03. The van der Waals surface area contributed by atoms with Crippen LogP contribution >= 0.6 is 8.20 Å². The second-order valence-electron chi connectivity index (χ2n) is 5.84. The highest BCUT2D eigenvalue weighted by Gasteiger charge is 2.30. The Labute approximate surface area is 127 Å². The zero-order valence-corrected chi connectivity index (χ0v) is 13.2.